The largest absolute Gasteiger partial charge is 0.508 e. The van der Waals surface area contributed by atoms with Crippen molar-refractivity contribution in [3.05, 3.63) is 153 Å². The number of rotatable bonds is 20. The van der Waals surface area contributed by atoms with Crippen LogP contribution < -0.4 is 68.2 Å². The van der Waals surface area contributed by atoms with Crippen molar-refractivity contribution in [3.8, 4) is 68.5 Å². The first kappa shape index (κ1) is 91.6. The highest BCUT2D eigenvalue weighted by Gasteiger charge is 2.53. The van der Waals surface area contributed by atoms with Crippen LogP contribution >= 0.6 is 23.2 Å². The predicted octanol–water partition coefficient (Wildman–Crippen LogP) is -0.0830. The van der Waals surface area contributed by atoms with Crippen molar-refractivity contribution in [2.75, 3.05) is 20.2 Å². The number of amides is 7. The second-order valence-electron chi connectivity index (χ2n) is 31.5. The highest BCUT2D eigenvalue weighted by atomic mass is 35.5. The van der Waals surface area contributed by atoms with E-state index in [2.05, 4.69) is 52.7 Å². The van der Waals surface area contributed by atoms with Crippen LogP contribution in [0.3, 0.4) is 0 Å². The number of carbonyl (C=O) groups excluding carboxylic acids is 7. The maximum absolute atomic E-state index is 16.4. The van der Waals surface area contributed by atoms with E-state index in [1.165, 1.54) is 57.3 Å². The number of aliphatic hydroxyl groups is 8. The summed E-state index contributed by atoms with van der Waals surface area (Å²) in [7, 11) is 1.45. The van der Waals surface area contributed by atoms with Crippen molar-refractivity contribution in [1.29, 1.82) is 0 Å². The zero-order chi connectivity index (χ0) is 90.2. The van der Waals surface area contributed by atoms with Gasteiger partial charge in [0.25, 0.3) is 0 Å². The first-order chi connectivity index (χ1) is 59.3. The second-order valence-corrected chi connectivity index (χ2v) is 32.3. The predicted molar refractivity (Wildman–Crippen MR) is 426 cm³/mol. The summed E-state index contributed by atoms with van der Waals surface area (Å²) >= 11 is 14.5. The lowest BCUT2D eigenvalue weighted by atomic mass is 9.86. The smallest absolute Gasteiger partial charge is 0.330 e. The number of aliphatic hydroxyl groups excluding tert-OH is 8. The number of primary amides is 1. The molecule has 0 spiro atoms. The quantitative estimate of drug-likeness (QED) is 0.0474. The maximum atomic E-state index is 16.4. The van der Waals surface area contributed by atoms with Crippen LogP contribution in [0.2, 0.25) is 10.0 Å². The molecule has 0 saturated carbocycles. The number of aliphatic carboxylic acids is 1. The van der Waals surface area contributed by atoms with Gasteiger partial charge in [0.05, 0.1) is 47.9 Å². The molecule has 0 aliphatic carbocycles. The molecule has 1 unspecified atom stereocenters. The molecule has 3 saturated heterocycles. The molecule has 6 aromatic carbocycles. The number of benzene rings is 6. The van der Waals surface area contributed by atoms with Gasteiger partial charge in [0.15, 0.2) is 30.1 Å². The van der Waals surface area contributed by atoms with Crippen molar-refractivity contribution >= 4 is 70.5 Å². The molecule has 0 radical (unpaired) electrons. The monoisotopic (exact) mass is 1780 g/mol. The van der Waals surface area contributed by atoms with Gasteiger partial charge in [-0.2, -0.15) is 4.98 Å². The van der Waals surface area contributed by atoms with Crippen LogP contribution in [-0.2, 0) is 68.6 Å². The maximum Gasteiger partial charge on any atom is 0.330 e. The highest BCUT2D eigenvalue weighted by molar-refractivity contribution is 6.32. The Morgan fingerprint density at radius 3 is 1.96 bits per heavy atom. The van der Waals surface area contributed by atoms with E-state index in [4.69, 9.17) is 77.1 Å². The molecule has 1 aromatic heterocycles. The molecule has 670 valence electrons. The van der Waals surface area contributed by atoms with Crippen molar-refractivity contribution in [1.82, 2.24) is 52.7 Å². The number of carbonyl (C=O) groups is 8. The molecule has 23 atom stereocenters. The topological polar surface area (TPSA) is 640 Å². The summed E-state index contributed by atoms with van der Waals surface area (Å²) in [6, 6.07) is 3.97. The van der Waals surface area contributed by atoms with Crippen LogP contribution in [0, 0.1) is 11.7 Å². The third-order valence-electron chi connectivity index (χ3n) is 21.9. The molecule has 3 fully saturated rings. The Labute approximate surface area is 718 Å². The average molecular weight is 1790 g/mol. The third-order valence-corrected chi connectivity index (χ3v) is 22.5. The number of aromatic hydroxyl groups is 3. The highest BCUT2D eigenvalue weighted by Crippen LogP contribution is 2.50. The fourth-order valence-corrected chi connectivity index (χ4v) is 15.8. The van der Waals surface area contributed by atoms with Crippen molar-refractivity contribution in [3.63, 3.8) is 0 Å². The summed E-state index contributed by atoms with van der Waals surface area (Å²) in [5.41, 5.74) is 8.31. The number of carboxylic acid groups (broad SMARTS) is 1. The SMILES string of the molecule is CN[C@H](CC(C)C)C(=O)NC1C(=O)N[C@@H](CC(N)=O)C(=O)N[C@H]2C(=O)N[C@H]3C(=O)N[C@H](C(=O)N[C@@H](C(=O)O)c4cc(O)cc(O)c4-c4cc3ccc4O)[C@H](O[C@H]3C[C@](C)(N)[C@@H](O)[C@H](C)O3)c3ccc(c(Cl)c3)Oc3cc2cc(c3O[C@@H]2O[C@H](CO)[C@@H](O[C@@H]3O[C@H](CNCc4nc(-c5ccc(F)cc5)no4)[C@H](O)[C@H](O)[C@H]3O)[C@H](O)[C@H]2O)Oc2ccc(cc2Cl)[C@H]1O. The van der Waals surface area contributed by atoms with E-state index in [9.17, 15) is 80.1 Å². The van der Waals surface area contributed by atoms with Gasteiger partial charge < -0.3 is 158 Å². The number of hydrogen-bond acceptors (Lipinski definition) is 33. The van der Waals surface area contributed by atoms with E-state index in [0.717, 1.165) is 66.7 Å². The van der Waals surface area contributed by atoms with Gasteiger partial charge in [-0.25, -0.2) is 9.18 Å². The van der Waals surface area contributed by atoms with Gasteiger partial charge in [0, 0.05) is 46.8 Å². The fourth-order valence-electron chi connectivity index (χ4n) is 15.4. The Morgan fingerprint density at radius 2 is 1.32 bits per heavy atom. The molecule has 24 N–H and O–H groups in total. The molecule has 7 amide bonds. The van der Waals surface area contributed by atoms with Crippen LogP contribution in [0.25, 0.3) is 22.5 Å². The first-order valence-electron chi connectivity index (χ1n) is 39.2. The van der Waals surface area contributed by atoms with Gasteiger partial charge in [-0.3, -0.25) is 33.6 Å². The summed E-state index contributed by atoms with van der Waals surface area (Å²) in [4.78, 5) is 124. The van der Waals surface area contributed by atoms with Crippen molar-refractivity contribution in [2.24, 2.45) is 17.4 Å². The van der Waals surface area contributed by atoms with Crippen LogP contribution in [-0.4, -0.2) is 249 Å². The Hall–Kier alpha value is -11.1. The van der Waals surface area contributed by atoms with E-state index in [1.807, 2.05) is 0 Å². The number of phenols is 3. The lowest BCUT2D eigenvalue weighted by Crippen LogP contribution is -2.65. The van der Waals surface area contributed by atoms with Gasteiger partial charge >= 0.3 is 5.97 Å². The molecule has 125 heavy (non-hydrogen) atoms. The molecule has 15 rings (SSSR count). The third kappa shape index (κ3) is 19.9. The Bertz CT molecular complexity index is 5230. The second kappa shape index (κ2) is 38.0. The summed E-state index contributed by atoms with van der Waals surface area (Å²) in [5.74, 6) is -17.3. The molecule has 11 bridgehead atoms. The minimum atomic E-state index is -2.44. The fraction of sp³-hybridized carbons (Fsp3) is 0.432. The van der Waals surface area contributed by atoms with E-state index in [-0.39, 0.29) is 54.7 Å². The van der Waals surface area contributed by atoms with E-state index >= 15 is 24.0 Å². The zero-order valence-electron chi connectivity index (χ0n) is 66.8. The minimum Gasteiger partial charge on any atom is -0.508 e. The number of nitrogens with one attached hydrogen (secondary N) is 8. The van der Waals surface area contributed by atoms with Crippen molar-refractivity contribution < 1.29 is 146 Å². The average Bonchev–Trinajstić information content (AvgIpc) is 1.07. The molecule has 44 heteroatoms. The van der Waals surface area contributed by atoms with Gasteiger partial charge in [-0.05, 0) is 134 Å². The minimum absolute atomic E-state index is 0.0146. The molecular weight excluding hydrogens is 1690 g/mol. The lowest BCUT2D eigenvalue weighted by Gasteiger charge is -2.46. The first-order valence-corrected chi connectivity index (χ1v) is 40.0. The number of hydrogen-bond donors (Lipinski definition) is 22. The Morgan fingerprint density at radius 1 is 0.688 bits per heavy atom. The molecular formula is C81H91Cl2FN12O29. The number of fused-ring (bicyclic) bond motifs is 15. The van der Waals surface area contributed by atoms with Crippen LogP contribution in [0.5, 0.6) is 46.0 Å². The van der Waals surface area contributed by atoms with E-state index in [1.54, 1.807) is 13.8 Å². The van der Waals surface area contributed by atoms with Gasteiger partial charge in [-0.15, -0.1) is 0 Å². The number of halogens is 3. The number of aromatic nitrogens is 2. The van der Waals surface area contributed by atoms with Gasteiger partial charge in [-0.1, -0.05) is 60.4 Å². The molecule has 9 heterocycles. The van der Waals surface area contributed by atoms with E-state index in [0.29, 0.717) is 5.56 Å². The number of likely N-dealkylation sites (N-methyl/N-ethyl adjacent to an activating group) is 1. The van der Waals surface area contributed by atoms with Crippen LogP contribution in [0.4, 0.5) is 4.39 Å². The lowest BCUT2D eigenvalue weighted by molar-refractivity contribution is -0.350. The summed E-state index contributed by atoms with van der Waals surface area (Å²) in [5, 5.41) is 163. The molecule has 41 nitrogen and oxygen atoms in total. The van der Waals surface area contributed by atoms with Crippen LogP contribution in [0.1, 0.15) is 111 Å². The zero-order valence-corrected chi connectivity index (χ0v) is 68.3. The number of nitrogens with two attached hydrogens (primary N) is 2. The standard InChI is InChI=1S/C81H91Cl2FN12O29/c1-29(2)16-42(87-5)72(109)94-59-61(102)33-9-14-46(40(82)18-33)118-48-20-35-21-49(68(48)123-80-66(107)64(105)69(51(28-97)121-80)124-79-65(106)63(104)62(103)50(120-79)26-88-27-53-90-71(96-125-53)31-6-11-36(84)12-7-31)119-47-15-10-34(19-41(47)83)67(122-54-25-81(4,86)70(108)30(3)117-54)60-77(114)93-58(78(115)116)39-22-37(98)23-45(100)55(39)38-17-32(8-13-44(38)99)56(74(111)95-60)92-75(112)57(35)91-73(110)43(24-52(85)101)89-76(59)113/h6-15,17-23,29-30,42-43,50-51,54,56-67,69-70,79-80,87-88,97-100,102-108H,16,24-28,86H2,1-5H3,(H2,85,101)(H,89,113)(H,91,110)(H,92,112)(H,93,114)(H,94,109)(H,95,111)(H,115,116)/t30-,42+,43-,50+,51+,54-,56+,57+,58+,59?,60-,61+,62-,63-,64+,65+,66+,67+,69+,70-,79-,80-,81-/m0/s1. The molecule has 8 aliphatic heterocycles. The molecule has 8 aliphatic rings. The molecule has 7 aromatic rings. The Balaban J connectivity index is 0.967. The normalized spacial score (nSPS) is 29.8. The number of phenolic OH excluding ortho intramolecular Hbond substituents is 3. The van der Waals surface area contributed by atoms with E-state index < -0.39 is 290 Å². The Kier molecular flexibility index (Phi) is 27.8. The summed E-state index contributed by atoms with van der Waals surface area (Å²) in [6.07, 6.45) is -29.8. The van der Waals surface area contributed by atoms with Crippen molar-refractivity contribution in [2.45, 2.75) is 193 Å². The van der Waals surface area contributed by atoms with Gasteiger partial charge in [0.2, 0.25) is 65.1 Å². The number of ether oxygens (including phenoxy) is 8. The van der Waals surface area contributed by atoms with Gasteiger partial charge in [0.1, 0.15) is 126 Å². The summed E-state index contributed by atoms with van der Waals surface area (Å²) < 4.78 is 70.0. The number of nitrogens with zero attached hydrogens (tertiary/aromatic N) is 2. The number of carboxylic acids is 1. The summed E-state index contributed by atoms with van der Waals surface area (Å²) in [6.45, 7) is 4.85. The van der Waals surface area contributed by atoms with Crippen LogP contribution in [0.15, 0.2) is 108 Å².